The molecule has 0 aliphatic carbocycles. The Morgan fingerprint density at radius 2 is 2.12 bits per heavy atom. The molecule has 0 radical (unpaired) electrons. The lowest BCUT2D eigenvalue weighted by Gasteiger charge is -2.01. The summed E-state index contributed by atoms with van der Waals surface area (Å²) >= 11 is 4.99. The van der Waals surface area contributed by atoms with Crippen molar-refractivity contribution in [2.75, 3.05) is 5.73 Å². The van der Waals surface area contributed by atoms with Gasteiger partial charge in [-0.05, 0) is 40.2 Å². The third kappa shape index (κ3) is 3.21. The number of nitrogens with two attached hydrogens (primary N) is 1. The van der Waals surface area contributed by atoms with Crippen LogP contribution in [0.25, 0.3) is 0 Å². The van der Waals surface area contributed by atoms with Crippen LogP contribution in [-0.2, 0) is 5.75 Å². The van der Waals surface area contributed by atoms with Gasteiger partial charge >= 0.3 is 0 Å². The number of nitrogens with zero attached hydrogens (tertiary/aromatic N) is 2. The molecule has 0 spiro atoms. The summed E-state index contributed by atoms with van der Waals surface area (Å²) in [6.45, 7) is 0. The van der Waals surface area contributed by atoms with Crippen LogP contribution in [0.2, 0.25) is 0 Å². The fraction of sp³-hybridized carbons (Fsp3) is 0.0909. The fourth-order valence-corrected chi connectivity index (χ4v) is 2.15. The van der Waals surface area contributed by atoms with E-state index in [1.165, 1.54) is 0 Å². The van der Waals surface area contributed by atoms with Crippen LogP contribution in [0.5, 0.6) is 0 Å². The second-order valence-corrected chi connectivity index (χ2v) is 5.10. The summed E-state index contributed by atoms with van der Waals surface area (Å²) in [6, 6.07) is 7.61. The molecule has 0 bridgehead atoms. The Kier molecular flexibility index (Phi) is 3.79. The maximum absolute atomic E-state index is 5.68. The molecule has 0 saturated carbocycles. The smallest absolute Gasteiger partial charge is 0.0964 e. The number of anilines is 1. The van der Waals surface area contributed by atoms with E-state index in [4.69, 9.17) is 5.73 Å². The van der Waals surface area contributed by atoms with Crippen LogP contribution >= 0.6 is 27.7 Å². The van der Waals surface area contributed by atoms with Crippen molar-refractivity contribution in [3.05, 3.63) is 46.8 Å². The van der Waals surface area contributed by atoms with E-state index in [-0.39, 0.29) is 0 Å². The predicted molar refractivity (Wildman–Crippen MR) is 70.1 cm³/mol. The molecule has 16 heavy (non-hydrogen) atoms. The lowest BCUT2D eigenvalue weighted by molar-refractivity contribution is 1.11. The van der Waals surface area contributed by atoms with Gasteiger partial charge in [-0.1, -0.05) is 0 Å². The Balaban J connectivity index is 1.99. The number of rotatable bonds is 3. The zero-order chi connectivity index (χ0) is 11.4. The molecule has 82 valence electrons. The zero-order valence-corrected chi connectivity index (χ0v) is 10.8. The van der Waals surface area contributed by atoms with Crippen molar-refractivity contribution in [1.82, 2.24) is 9.97 Å². The maximum atomic E-state index is 5.68. The summed E-state index contributed by atoms with van der Waals surface area (Å²) in [5.74, 6) is 0.777. The molecule has 2 aromatic rings. The van der Waals surface area contributed by atoms with Crippen LogP contribution in [0.4, 0.5) is 5.69 Å². The molecular formula is C11H10BrN3S. The van der Waals surface area contributed by atoms with Crippen molar-refractivity contribution in [2.24, 2.45) is 0 Å². The maximum Gasteiger partial charge on any atom is 0.0964 e. The summed E-state index contributed by atoms with van der Waals surface area (Å²) in [7, 11) is 0. The second kappa shape index (κ2) is 5.32. The molecule has 2 aromatic heterocycles. The Morgan fingerprint density at radius 3 is 2.81 bits per heavy atom. The minimum Gasteiger partial charge on any atom is -0.399 e. The lowest BCUT2D eigenvalue weighted by atomic mass is 10.3. The van der Waals surface area contributed by atoms with Gasteiger partial charge in [0, 0.05) is 28.3 Å². The average molecular weight is 296 g/mol. The van der Waals surface area contributed by atoms with E-state index in [1.54, 1.807) is 30.2 Å². The molecule has 0 aromatic carbocycles. The highest BCUT2D eigenvalue weighted by Gasteiger charge is 1.99. The van der Waals surface area contributed by atoms with Crippen LogP contribution in [0, 0.1) is 0 Å². The quantitative estimate of drug-likeness (QED) is 0.884. The lowest BCUT2D eigenvalue weighted by Crippen LogP contribution is -1.91. The van der Waals surface area contributed by atoms with Crippen LogP contribution in [0.15, 0.2) is 46.2 Å². The molecule has 0 aliphatic heterocycles. The standard InChI is InChI=1S/C11H10BrN3S/c12-8-1-2-11(15-6-8)16-7-10-5-9(13)3-4-14-10/h1-6H,7H2,(H2,13,14). The number of pyridine rings is 2. The molecular weight excluding hydrogens is 286 g/mol. The molecule has 0 fully saturated rings. The van der Waals surface area contributed by atoms with Crippen molar-refractivity contribution >= 4 is 33.4 Å². The van der Waals surface area contributed by atoms with E-state index < -0.39 is 0 Å². The fourth-order valence-electron chi connectivity index (χ4n) is 1.17. The number of aromatic nitrogens is 2. The van der Waals surface area contributed by atoms with E-state index in [0.29, 0.717) is 0 Å². The van der Waals surface area contributed by atoms with Crippen LogP contribution in [0.3, 0.4) is 0 Å². The molecule has 0 amide bonds. The van der Waals surface area contributed by atoms with Crippen molar-refractivity contribution in [3.8, 4) is 0 Å². The van der Waals surface area contributed by atoms with Gasteiger partial charge in [-0.2, -0.15) is 0 Å². The topological polar surface area (TPSA) is 51.8 Å². The molecule has 2 N–H and O–H groups in total. The molecule has 2 rings (SSSR count). The Morgan fingerprint density at radius 1 is 1.25 bits per heavy atom. The number of hydrogen-bond donors (Lipinski definition) is 1. The van der Waals surface area contributed by atoms with Gasteiger partial charge in [0.15, 0.2) is 0 Å². The third-order valence-electron chi connectivity index (χ3n) is 1.91. The van der Waals surface area contributed by atoms with E-state index >= 15 is 0 Å². The van der Waals surface area contributed by atoms with Gasteiger partial charge in [0.25, 0.3) is 0 Å². The zero-order valence-electron chi connectivity index (χ0n) is 8.43. The normalized spacial score (nSPS) is 10.3. The Bertz CT molecular complexity index is 473. The minimum atomic E-state index is 0.745. The minimum absolute atomic E-state index is 0.745. The molecule has 0 unspecified atom stereocenters. The first-order valence-corrected chi connectivity index (χ1v) is 6.46. The highest BCUT2D eigenvalue weighted by molar-refractivity contribution is 9.10. The van der Waals surface area contributed by atoms with E-state index in [0.717, 1.165) is 26.6 Å². The van der Waals surface area contributed by atoms with E-state index in [1.807, 2.05) is 18.2 Å². The van der Waals surface area contributed by atoms with E-state index in [2.05, 4.69) is 25.9 Å². The molecule has 5 heteroatoms. The number of halogens is 1. The number of nitrogen functional groups attached to an aromatic ring is 1. The van der Waals surface area contributed by atoms with Gasteiger partial charge in [0.05, 0.1) is 10.7 Å². The average Bonchev–Trinajstić information content (AvgIpc) is 2.28. The Hall–Kier alpha value is -1.07. The van der Waals surface area contributed by atoms with E-state index in [9.17, 15) is 0 Å². The summed E-state index contributed by atoms with van der Waals surface area (Å²) < 4.78 is 0.985. The summed E-state index contributed by atoms with van der Waals surface area (Å²) in [6.07, 6.45) is 3.51. The second-order valence-electron chi connectivity index (χ2n) is 3.18. The molecule has 0 saturated heterocycles. The van der Waals surface area contributed by atoms with Gasteiger partial charge in [0.2, 0.25) is 0 Å². The van der Waals surface area contributed by atoms with Crippen LogP contribution < -0.4 is 5.73 Å². The summed E-state index contributed by atoms with van der Waals surface area (Å²) in [5, 5.41) is 0.979. The third-order valence-corrected chi connectivity index (χ3v) is 3.36. The first-order valence-electron chi connectivity index (χ1n) is 4.69. The SMILES string of the molecule is Nc1ccnc(CSc2ccc(Br)cn2)c1. The largest absolute Gasteiger partial charge is 0.399 e. The van der Waals surface area contributed by atoms with Gasteiger partial charge in [-0.15, -0.1) is 11.8 Å². The molecule has 0 aliphatic rings. The first kappa shape index (κ1) is 11.4. The number of hydrogen-bond acceptors (Lipinski definition) is 4. The van der Waals surface area contributed by atoms with Crippen molar-refractivity contribution < 1.29 is 0 Å². The van der Waals surface area contributed by atoms with Crippen molar-refractivity contribution in [3.63, 3.8) is 0 Å². The highest BCUT2D eigenvalue weighted by Crippen LogP contribution is 2.21. The monoisotopic (exact) mass is 295 g/mol. The predicted octanol–water partition coefficient (Wildman–Crippen LogP) is 3.11. The Labute approximate surface area is 107 Å². The highest BCUT2D eigenvalue weighted by atomic mass is 79.9. The summed E-state index contributed by atoms with van der Waals surface area (Å²) in [5.41, 5.74) is 7.39. The molecule has 0 atom stereocenters. The van der Waals surface area contributed by atoms with Crippen molar-refractivity contribution in [2.45, 2.75) is 10.8 Å². The first-order chi connectivity index (χ1) is 7.74. The van der Waals surface area contributed by atoms with Gasteiger partial charge < -0.3 is 5.73 Å². The summed E-state index contributed by atoms with van der Waals surface area (Å²) in [4.78, 5) is 8.51. The molecule has 2 heterocycles. The van der Waals surface area contributed by atoms with Gasteiger partial charge in [-0.3, -0.25) is 4.98 Å². The number of thioether (sulfide) groups is 1. The van der Waals surface area contributed by atoms with Gasteiger partial charge in [-0.25, -0.2) is 4.98 Å². The van der Waals surface area contributed by atoms with Crippen LogP contribution in [-0.4, -0.2) is 9.97 Å². The molecule has 3 nitrogen and oxygen atoms in total. The van der Waals surface area contributed by atoms with Gasteiger partial charge in [0.1, 0.15) is 0 Å². The van der Waals surface area contributed by atoms with Crippen LogP contribution in [0.1, 0.15) is 5.69 Å². The van der Waals surface area contributed by atoms with Crippen molar-refractivity contribution in [1.29, 1.82) is 0 Å².